The minimum atomic E-state index is -0.531. The molecule has 0 aromatic heterocycles. The fourth-order valence-corrected chi connectivity index (χ4v) is 2.22. The van der Waals surface area contributed by atoms with Crippen LogP contribution in [-0.2, 0) is 16.0 Å². The van der Waals surface area contributed by atoms with E-state index in [0.717, 1.165) is 17.7 Å². The number of hydrogen-bond donors (Lipinski definition) is 1. The molecule has 1 N–H and O–H groups in total. The van der Waals surface area contributed by atoms with Crippen molar-refractivity contribution in [3.63, 3.8) is 0 Å². The summed E-state index contributed by atoms with van der Waals surface area (Å²) in [5.41, 5.74) is 1.98. The van der Waals surface area contributed by atoms with Crippen molar-refractivity contribution < 1.29 is 9.59 Å². The molecule has 90 valence electrons. The fourth-order valence-electron chi connectivity index (χ4n) is 2.22. The zero-order chi connectivity index (χ0) is 12.4. The van der Waals surface area contributed by atoms with Gasteiger partial charge in [0.1, 0.15) is 0 Å². The molecule has 1 unspecified atom stereocenters. The number of hydrogen-bond acceptors (Lipinski definition) is 2. The van der Waals surface area contributed by atoms with E-state index in [1.807, 2.05) is 31.2 Å². The molecule has 1 aliphatic heterocycles. The molecule has 0 saturated heterocycles. The number of para-hydroxylation sites is 1. The van der Waals surface area contributed by atoms with Gasteiger partial charge in [0.2, 0.25) is 0 Å². The number of fused-ring (bicyclic) bond motifs is 1. The predicted octanol–water partition coefficient (Wildman–Crippen LogP) is 1.10. The zero-order valence-corrected chi connectivity index (χ0v) is 10.1. The van der Waals surface area contributed by atoms with Gasteiger partial charge in [0.05, 0.1) is 0 Å². The number of amides is 2. The monoisotopic (exact) mass is 232 g/mol. The highest BCUT2D eigenvalue weighted by Crippen LogP contribution is 2.31. The van der Waals surface area contributed by atoms with Gasteiger partial charge in [-0.2, -0.15) is 0 Å². The van der Waals surface area contributed by atoms with Crippen molar-refractivity contribution in [3.05, 3.63) is 29.8 Å². The van der Waals surface area contributed by atoms with Crippen LogP contribution < -0.4 is 10.2 Å². The van der Waals surface area contributed by atoms with Gasteiger partial charge in [-0.15, -0.1) is 0 Å². The minimum Gasteiger partial charge on any atom is -0.348 e. The summed E-state index contributed by atoms with van der Waals surface area (Å²) in [7, 11) is 0. The van der Waals surface area contributed by atoms with Gasteiger partial charge in [0.15, 0.2) is 0 Å². The lowest BCUT2D eigenvalue weighted by Gasteiger charge is -2.21. The lowest BCUT2D eigenvalue weighted by molar-refractivity contribution is -0.137. The van der Waals surface area contributed by atoms with Crippen LogP contribution in [0.2, 0.25) is 0 Å². The highest BCUT2D eigenvalue weighted by atomic mass is 16.2. The van der Waals surface area contributed by atoms with Gasteiger partial charge in [-0.25, -0.2) is 0 Å². The highest BCUT2D eigenvalue weighted by Gasteiger charge is 2.33. The van der Waals surface area contributed by atoms with E-state index in [9.17, 15) is 9.59 Å². The number of nitrogens with one attached hydrogen (secondary N) is 1. The third-order valence-electron chi connectivity index (χ3n) is 2.96. The Labute approximate surface area is 101 Å². The second-order valence-corrected chi connectivity index (χ2v) is 4.22. The standard InChI is InChI=1S/C13H16N2O2/c1-3-14-12(16)13(17)15-9(2)8-10-6-4-5-7-11(10)15/h4-7,9H,3,8H2,1-2H3,(H,14,16). The molecule has 0 radical (unpaired) electrons. The molecule has 2 amide bonds. The third kappa shape index (κ3) is 2.02. The molecule has 1 aliphatic rings. The van der Waals surface area contributed by atoms with Crippen LogP contribution in [0, 0.1) is 0 Å². The average molecular weight is 232 g/mol. The molecule has 0 bridgehead atoms. The first-order valence-electron chi connectivity index (χ1n) is 5.84. The van der Waals surface area contributed by atoms with E-state index in [1.165, 1.54) is 0 Å². The van der Waals surface area contributed by atoms with Crippen LogP contribution in [0.3, 0.4) is 0 Å². The lowest BCUT2D eigenvalue weighted by Crippen LogP contribution is -2.45. The van der Waals surface area contributed by atoms with Crippen molar-refractivity contribution in [2.75, 3.05) is 11.4 Å². The van der Waals surface area contributed by atoms with Crippen molar-refractivity contribution in [3.8, 4) is 0 Å². The van der Waals surface area contributed by atoms with Crippen LogP contribution in [-0.4, -0.2) is 24.4 Å². The Kier molecular flexibility index (Phi) is 3.13. The number of benzene rings is 1. The number of carbonyl (C=O) groups is 2. The van der Waals surface area contributed by atoms with Gasteiger partial charge in [0, 0.05) is 18.3 Å². The van der Waals surface area contributed by atoms with Crippen molar-refractivity contribution in [2.45, 2.75) is 26.3 Å². The Morgan fingerprint density at radius 1 is 1.41 bits per heavy atom. The average Bonchev–Trinajstić information content (AvgIpc) is 2.64. The van der Waals surface area contributed by atoms with Gasteiger partial charge >= 0.3 is 11.8 Å². The van der Waals surface area contributed by atoms with Crippen molar-refractivity contribution in [1.29, 1.82) is 0 Å². The Bertz CT molecular complexity index is 456. The summed E-state index contributed by atoms with van der Waals surface area (Å²) in [6, 6.07) is 7.76. The molecule has 1 heterocycles. The summed E-state index contributed by atoms with van der Waals surface area (Å²) in [4.78, 5) is 25.2. The van der Waals surface area contributed by atoms with Crippen LogP contribution in [0.25, 0.3) is 0 Å². The van der Waals surface area contributed by atoms with Crippen molar-refractivity contribution in [1.82, 2.24) is 5.32 Å². The summed E-state index contributed by atoms with van der Waals surface area (Å²) in [5.74, 6) is -1.000. The molecule has 0 saturated carbocycles. The fraction of sp³-hybridized carbons (Fsp3) is 0.385. The van der Waals surface area contributed by atoms with E-state index in [0.29, 0.717) is 6.54 Å². The number of carbonyl (C=O) groups excluding carboxylic acids is 2. The van der Waals surface area contributed by atoms with E-state index >= 15 is 0 Å². The lowest BCUT2D eigenvalue weighted by atomic mass is 10.1. The maximum atomic E-state index is 12.0. The first kappa shape index (κ1) is 11.6. The molecular weight excluding hydrogens is 216 g/mol. The van der Waals surface area contributed by atoms with Gasteiger partial charge < -0.3 is 10.2 Å². The molecular formula is C13H16N2O2. The number of rotatable bonds is 1. The molecule has 0 fully saturated rings. The maximum absolute atomic E-state index is 12.0. The molecule has 4 heteroatoms. The Hall–Kier alpha value is -1.84. The second kappa shape index (κ2) is 4.57. The molecule has 1 aromatic rings. The Morgan fingerprint density at radius 3 is 2.82 bits per heavy atom. The van der Waals surface area contributed by atoms with Gasteiger partial charge in [0.25, 0.3) is 0 Å². The molecule has 17 heavy (non-hydrogen) atoms. The summed E-state index contributed by atoms with van der Waals surface area (Å²) in [5, 5.41) is 2.54. The SMILES string of the molecule is CCNC(=O)C(=O)N1c2ccccc2CC1C. The smallest absolute Gasteiger partial charge is 0.316 e. The Balaban J connectivity index is 2.27. The summed E-state index contributed by atoms with van der Waals surface area (Å²) < 4.78 is 0. The normalized spacial score (nSPS) is 17.8. The molecule has 2 rings (SSSR count). The first-order valence-corrected chi connectivity index (χ1v) is 5.84. The minimum absolute atomic E-state index is 0.0440. The van der Waals surface area contributed by atoms with E-state index in [2.05, 4.69) is 5.32 Å². The largest absolute Gasteiger partial charge is 0.348 e. The van der Waals surface area contributed by atoms with Crippen LogP contribution in [0.1, 0.15) is 19.4 Å². The van der Waals surface area contributed by atoms with Gasteiger partial charge in [-0.1, -0.05) is 18.2 Å². The van der Waals surface area contributed by atoms with E-state index in [4.69, 9.17) is 0 Å². The summed E-state index contributed by atoms with van der Waals surface area (Å²) >= 11 is 0. The zero-order valence-electron chi connectivity index (χ0n) is 10.1. The van der Waals surface area contributed by atoms with Crippen LogP contribution in [0.4, 0.5) is 5.69 Å². The van der Waals surface area contributed by atoms with Crippen LogP contribution >= 0.6 is 0 Å². The van der Waals surface area contributed by atoms with Crippen LogP contribution in [0.15, 0.2) is 24.3 Å². The number of anilines is 1. The molecule has 1 aromatic carbocycles. The molecule has 0 aliphatic carbocycles. The van der Waals surface area contributed by atoms with Crippen molar-refractivity contribution >= 4 is 17.5 Å². The topological polar surface area (TPSA) is 49.4 Å². The highest BCUT2D eigenvalue weighted by molar-refractivity contribution is 6.40. The summed E-state index contributed by atoms with van der Waals surface area (Å²) in [6.45, 7) is 4.22. The molecule has 1 atom stereocenters. The van der Waals surface area contributed by atoms with E-state index in [-0.39, 0.29) is 6.04 Å². The third-order valence-corrected chi connectivity index (χ3v) is 2.96. The number of nitrogens with zero attached hydrogens (tertiary/aromatic N) is 1. The van der Waals surface area contributed by atoms with Crippen molar-refractivity contribution in [2.24, 2.45) is 0 Å². The number of likely N-dealkylation sites (N-methyl/N-ethyl adjacent to an activating group) is 1. The maximum Gasteiger partial charge on any atom is 0.316 e. The predicted molar refractivity (Wildman–Crippen MR) is 65.8 cm³/mol. The van der Waals surface area contributed by atoms with Crippen LogP contribution in [0.5, 0.6) is 0 Å². The Morgan fingerprint density at radius 2 is 2.12 bits per heavy atom. The van der Waals surface area contributed by atoms with E-state index < -0.39 is 11.8 Å². The molecule has 0 spiro atoms. The van der Waals surface area contributed by atoms with Gasteiger partial charge in [-0.3, -0.25) is 9.59 Å². The first-order chi connectivity index (χ1) is 8.15. The quantitative estimate of drug-likeness (QED) is 0.737. The van der Waals surface area contributed by atoms with Gasteiger partial charge in [-0.05, 0) is 31.9 Å². The van der Waals surface area contributed by atoms with E-state index in [1.54, 1.807) is 11.8 Å². The summed E-state index contributed by atoms with van der Waals surface area (Å²) in [6.07, 6.45) is 0.807. The second-order valence-electron chi connectivity index (χ2n) is 4.22. The molecule has 4 nitrogen and oxygen atoms in total.